The van der Waals surface area contributed by atoms with Crippen LogP contribution in [0.1, 0.15) is 106 Å². The van der Waals surface area contributed by atoms with Crippen molar-refractivity contribution in [2.75, 3.05) is 14.2 Å². The van der Waals surface area contributed by atoms with Gasteiger partial charge in [-0.25, -0.2) is 0 Å². The fourth-order valence-electron chi connectivity index (χ4n) is 10.3. The van der Waals surface area contributed by atoms with E-state index in [0.717, 1.165) is 0 Å². The van der Waals surface area contributed by atoms with Gasteiger partial charge in [-0.15, -0.1) is 0 Å². The number of hydrogen-bond donors (Lipinski definition) is 0. The molecule has 4 rings (SSSR count). The quantitative estimate of drug-likeness (QED) is 0.270. The second-order valence-corrected chi connectivity index (χ2v) is 14.4. The van der Waals surface area contributed by atoms with Gasteiger partial charge in [0.2, 0.25) is 0 Å². The van der Waals surface area contributed by atoms with Gasteiger partial charge in [0, 0.05) is 20.0 Å². The molecule has 4 aliphatic rings. The van der Waals surface area contributed by atoms with Crippen molar-refractivity contribution < 1.29 is 19.1 Å². The monoisotopic (exact) mass is 500 g/mol. The highest BCUT2D eigenvalue weighted by atomic mass is 16.5. The van der Waals surface area contributed by atoms with E-state index in [-0.39, 0.29) is 33.9 Å². The van der Waals surface area contributed by atoms with Crippen LogP contribution in [0.25, 0.3) is 0 Å². The van der Waals surface area contributed by atoms with Crippen LogP contribution >= 0.6 is 0 Å². The number of Topliss-reactive ketones (excluding diaryl/α,β-unsaturated/α-hetero) is 1. The third-order valence-electron chi connectivity index (χ3n) is 12.5. The van der Waals surface area contributed by atoms with Crippen LogP contribution < -0.4 is 0 Å². The molecule has 0 N–H and O–H groups in total. The van der Waals surface area contributed by atoms with Crippen molar-refractivity contribution >= 4 is 11.8 Å². The van der Waals surface area contributed by atoms with Crippen LogP contribution in [0.3, 0.4) is 0 Å². The van der Waals surface area contributed by atoms with E-state index in [2.05, 4.69) is 47.6 Å². The number of rotatable bonds is 7. The topological polar surface area (TPSA) is 52.6 Å². The number of ether oxygens (including phenoxy) is 2. The van der Waals surface area contributed by atoms with E-state index >= 15 is 0 Å². The number of methoxy groups -OCH3 is 2. The van der Waals surface area contributed by atoms with Crippen LogP contribution in [0.4, 0.5) is 0 Å². The highest BCUT2D eigenvalue weighted by Crippen LogP contribution is 2.73. The second kappa shape index (κ2) is 9.54. The Balaban J connectivity index is 1.55. The predicted octanol–water partition coefficient (Wildman–Crippen LogP) is 7.40. The molecule has 0 spiro atoms. The minimum Gasteiger partial charge on any atom is -0.469 e. The first-order chi connectivity index (χ1) is 16.8. The zero-order valence-corrected chi connectivity index (χ0v) is 24.5. The van der Waals surface area contributed by atoms with Crippen LogP contribution in [-0.2, 0) is 19.1 Å². The number of esters is 1. The Morgan fingerprint density at radius 3 is 2.31 bits per heavy atom. The molecule has 2 unspecified atom stereocenters. The summed E-state index contributed by atoms with van der Waals surface area (Å²) >= 11 is 0. The van der Waals surface area contributed by atoms with Crippen molar-refractivity contribution in [1.82, 2.24) is 0 Å². The summed E-state index contributed by atoms with van der Waals surface area (Å²) in [4.78, 5) is 24.7. The maximum Gasteiger partial charge on any atom is 0.308 e. The van der Waals surface area contributed by atoms with E-state index in [1.54, 1.807) is 12.5 Å². The third-order valence-corrected chi connectivity index (χ3v) is 12.5. The number of carbonyl (C=O) groups is 2. The van der Waals surface area contributed by atoms with E-state index < -0.39 is 0 Å². The molecule has 0 heterocycles. The number of carbonyl (C=O) groups excluding carboxylic acids is 2. The van der Waals surface area contributed by atoms with Crippen LogP contribution in [0.2, 0.25) is 0 Å². The summed E-state index contributed by atoms with van der Waals surface area (Å²) in [7, 11) is 3.29. The highest BCUT2D eigenvalue weighted by molar-refractivity contribution is 5.84. The van der Waals surface area contributed by atoms with E-state index in [4.69, 9.17) is 9.47 Å². The van der Waals surface area contributed by atoms with Gasteiger partial charge in [-0.3, -0.25) is 9.59 Å². The molecule has 4 heteroatoms. The van der Waals surface area contributed by atoms with Crippen molar-refractivity contribution in [3.05, 3.63) is 11.6 Å². The van der Waals surface area contributed by atoms with E-state index in [9.17, 15) is 9.59 Å². The third kappa shape index (κ3) is 4.03. The van der Waals surface area contributed by atoms with Crippen molar-refractivity contribution in [3.63, 3.8) is 0 Å². The molecule has 4 aliphatic carbocycles. The first-order valence-corrected chi connectivity index (χ1v) is 14.6. The molecule has 0 aromatic heterocycles. The fraction of sp³-hybridized carbons (Fsp3) is 0.875. The molecule has 0 saturated heterocycles. The lowest BCUT2D eigenvalue weighted by atomic mass is 9.41. The summed E-state index contributed by atoms with van der Waals surface area (Å²) in [6.07, 6.45) is 12.5. The van der Waals surface area contributed by atoms with Gasteiger partial charge in [-0.1, -0.05) is 60.1 Å². The minimum absolute atomic E-state index is 0.194. The molecule has 204 valence electrons. The molecule has 3 saturated carbocycles. The van der Waals surface area contributed by atoms with E-state index in [0.29, 0.717) is 48.0 Å². The van der Waals surface area contributed by atoms with E-state index in [1.165, 1.54) is 52.1 Å². The molecule has 0 aromatic carbocycles. The average molecular weight is 501 g/mol. The predicted molar refractivity (Wildman–Crippen MR) is 144 cm³/mol. The summed E-state index contributed by atoms with van der Waals surface area (Å²) in [5.74, 6) is 1.79. The average Bonchev–Trinajstić information content (AvgIpc) is 3.09. The number of ketones is 1. The first-order valence-electron chi connectivity index (χ1n) is 14.6. The van der Waals surface area contributed by atoms with Gasteiger partial charge < -0.3 is 9.47 Å². The number of allylic oxidation sites excluding steroid dienone is 2. The first kappa shape index (κ1) is 27.9. The summed E-state index contributed by atoms with van der Waals surface area (Å²) in [5, 5.41) is 0. The Kier molecular flexibility index (Phi) is 7.39. The normalized spacial score (nSPS) is 42.9. The molecular weight excluding hydrogens is 448 g/mol. The molecular formula is C32H52O4. The van der Waals surface area contributed by atoms with Crippen molar-refractivity contribution in [2.24, 2.45) is 51.2 Å². The standard InChI is InChI=1S/C32H52O4/c1-20(18-22(33)19-21(2)28(34)36-9)23-12-16-32(7)25-10-11-26-29(3,4)27(35-8)14-15-30(26,5)24(25)13-17-31(23,32)6/h10,20-21,23-24,26-27H,11-19H2,1-9H3/t20-,21?,23-,24-,26?,27-,30-,31-,32+/m1/s1. The molecule has 4 nitrogen and oxygen atoms in total. The van der Waals surface area contributed by atoms with Gasteiger partial charge in [0.05, 0.1) is 19.1 Å². The lowest BCUT2D eigenvalue weighted by Crippen LogP contribution is -2.58. The van der Waals surface area contributed by atoms with Gasteiger partial charge in [0.25, 0.3) is 0 Å². The van der Waals surface area contributed by atoms with Crippen molar-refractivity contribution in [3.8, 4) is 0 Å². The zero-order valence-electron chi connectivity index (χ0n) is 24.5. The molecule has 36 heavy (non-hydrogen) atoms. The van der Waals surface area contributed by atoms with Gasteiger partial charge in [-0.2, -0.15) is 0 Å². The molecule has 0 radical (unpaired) electrons. The van der Waals surface area contributed by atoms with Gasteiger partial charge >= 0.3 is 5.97 Å². The fourth-order valence-corrected chi connectivity index (χ4v) is 10.3. The summed E-state index contributed by atoms with van der Waals surface area (Å²) in [6.45, 7) is 16.7. The maximum atomic E-state index is 12.9. The lowest BCUT2D eigenvalue weighted by molar-refractivity contribution is -0.146. The Labute approximate surface area is 220 Å². The van der Waals surface area contributed by atoms with Crippen LogP contribution in [-0.4, -0.2) is 32.1 Å². The Bertz CT molecular complexity index is 904. The number of hydrogen-bond acceptors (Lipinski definition) is 4. The molecule has 0 aromatic rings. The van der Waals surface area contributed by atoms with Crippen LogP contribution in [0.15, 0.2) is 11.6 Å². The van der Waals surface area contributed by atoms with Gasteiger partial charge in [0.1, 0.15) is 5.78 Å². The number of fused-ring (bicyclic) bond motifs is 5. The Hall–Kier alpha value is -1.16. The second-order valence-electron chi connectivity index (χ2n) is 14.4. The molecule has 9 atom stereocenters. The largest absolute Gasteiger partial charge is 0.469 e. The summed E-state index contributed by atoms with van der Waals surface area (Å²) < 4.78 is 10.8. The van der Waals surface area contributed by atoms with Crippen molar-refractivity contribution in [1.29, 1.82) is 0 Å². The smallest absolute Gasteiger partial charge is 0.308 e. The zero-order chi connectivity index (χ0) is 26.7. The maximum absolute atomic E-state index is 12.9. The molecule has 0 bridgehead atoms. The SMILES string of the molecule is COC(=O)C(C)CC(=O)C[C@@H](C)[C@H]1CC[C@@]2(C)C3=CCC4C(C)(C)[C@H](OC)CC[C@]4(C)[C@@H]3CC[C@]12C. The minimum atomic E-state index is -0.354. The Morgan fingerprint density at radius 1 is 0.972 bits per heavy atom. The summed E-state index contributed by atoms with van der Waals surface area (Å²) in [5.41, 5.74) is 2.73. The van der Waals surface area contributed by atoms with Crippen LogP contribution in [0.5, 0.6) is 0 Å². The lowest BCUT2D eigenvalue weighted by Gasteiger charge is -2.64. The Morgan fingerprint density at radius 2 is 1.67 bits per heavy atom. The van der Waals surface area contributed by atoms with Gasteiger partial charge in [0.15, 0.2) is 0 Å². The highest BCUT2D eigenvalue weighted by Gasteiger charge is 2.65. The molecule has 3 fully saturated rings. The molecule has 0 amide bonds. The van der Waals surface area contributed by atoms with Gasteiger partial charge in [-0.05, 0) is 90.3 Å². The van der Waals surface area contributed by atoms with Crippen LogP contribution in [0, 0.1) is 51.2 Å². The molecule has 0 aliphatic heterocycles. The van der Waals surface area contributed by atoms with Crippen molar-refractivity contribution in [2.45, 2.75) is 112 Å². The summed E-state index contributed by atoms with van der Waals surface area (Å²) in [6, 6.07) is 0. The van der Waals surface area contributed by atoms with E-state index in [1.807, 2.05) is 7.11 Å².